The molecule has 4 rings (SSSR count). The van der Waals surface area contributed by atoms with Crippen LogP contribution in [-0.4, -0.2) is 57.9 Å². The van der Waals surface area contributed by atoms with Crippen LogP contribution in [0.3, 0.4) is 0 Å². The highest BCUT2D eigenvalue weighted by Gasteiger charge is 2.32. The lowest BCUT2D eigenvalue weighted by Crippen LogP contribution is -2.44. The van der Waals surface area contributed by atoms with Gasteiger partial charge in [-0.05, 0) is 49.4 Å². The third kappa shape index (κ3) is 6.62. The van der Waals surface area contributed by atoms with Gasteiger partial charge in [0.2, 0.25) is 0 Å². The van der Waals surface area contributed by atoms with Crippen molar-refractivity contribution < 1.29 is 13.2 Å². The summed E-state index contributed by atoms with van der Waals surface area (Å²) < 4.78 is 40.5. The Balaban J connectivity index is 1.53. The summed E-state index contributed by atoms with van der Waals surface area (Å²) in [6, 6.07) is 4.68. The minimum absolute atomic E-state index is 0.412. The van der Waals surface area contributed by atoms with Gasteiger partial charge in [0.1, 0.15) is 5.69 Å². The first kappa shape index (κ1) is 26.1. The van der Waals surface area contributed by atoms with Gasteiger partial charge in [0.15, 0.2) is 0 Å². The number of hydrogen-bond donors (Lipinski definition) is 0. The van der Waals surface area contributed by atoms with Crippen molar-refractivity contribution in [3.63, 3.8) is 0 Å². The highest BCUT2D eigenvalue weighted by molar-refractivity contribution is 5.70. The molecule has 192 valence electrons. The molecule has 0 spiro atoms. The molecule has 0 aromatic carbocycles. The first-order valence-corrected chi connectivity index (χ1v) is 11.9. The smallest absolute Gasteiger partial charge is 0.368 e. The molecule has 0 N–H and O–H groups in total. The summed E-state index contributed by atoms with van der Waals surface area (Å²) in [5.74, 6) is 0. The number of anilines is 1. The maximum Gasteiger partial charge on any atom is 0.433 e. The van der Waals surface area contributed by atoms with Gasteiger partial charge in [0.25, 0.3) is 0 Å². The van der Waals surface area contributed by atoms with E-state index in [2.05, 4.69) is 44.6 Å². The largest absolute Gasteiger partial charge is 0.433 e. The highest BCUT2D eigenvalue weighted by Crippen LogP contribution is 2.28. The summed E-state index contributed by atoms with van der Waals surface area (Å²) in [7, 11) is 2.13. The molecule has 0 amide bonds. The Bertz CT molecular complexity index is 1330. The normalized spacial score (nSPS) is 16.0. The fraction of sp³-hybridized carbons (Fsp3) is 0.250. The van der Waals surface area contributed by atoms with Gasteiger partial charge in [0.05, 0.1) is 23.8 Å². The van der Waals surface area contributed by atoms with Crippen LogP contribution in [0.2, 0.25) is 0 Å². The number of rotatable bonds is 7. The lowest BCUT2D eigenvalue weighted by molar-refractivity contribution is -0.141. The van der Waals surface area contributed by atoms with E-state index in [9.17, 15) is 13.2 Å². The summed E-state index contributed by atoms with van der Waals surface area (Å²) >= 11 is 0. The van der Waals surface area contributed by atoms with E-state index in [0.29, 0.717) is 5.56 Å². The zero-order chi connectivity index (χ0) is 26.4. The van der Waals surface area contributed by atoms with E-state index in [1.54, 1.807) is 29.1 Å². The van der Waals surface area contributed by atoms with Gasteiger partial charge in [0, 0.05) is 55.9 Å². The van der Waals surface area contributed by atoms with Gasteiger partial charge in [-0.1, -0.05) is 30.9 Å². The van der Waals surface area contributed by atoms with Crippen LogP contribution in [-0.2, 0) is 6.18 Å². The van der Waals surface area contributed by atoms with Crippen molar-refractivity contribution in [1.82, 2.24) is 24.6 Å². The van der Waals surface area contributed by atoms with E-state index in [0.717, 1.165) is 66.5 Å². The molecule has 0 unspecified atom stereocenters. The molecule has 0 atom stereocenters. The van der Waals surface area contributed by atoms with Crippen LogP contribution in [0, 0.1) is 0 Å². The molecule has 37 heavy (non-hydrogen) atoms. The van der Waals surface area contributed by atoms with Crippen LogP contribution in [0.25, 0.3) is 22.9 Å². The number of likely N-dealkylation sites (N-methyl/N-ethyl adjacent to an activating group) is 1. The molecular formula is C28H29F3N6. The van der Waals surface area contributed by atoms with E-state index in [1.165, 1.54) is 6.07 Å². The molecule has 1 fully saturated rings. The maximum atomic E-state index is 12.9. The molecule has 1 aliphatic rings. The molecule has 0 saturated carbocycles. The van der Waals surface area contributed by atoms with Gasteiger partial charge in [-0.2, -0.15) is 18.3 Å². The second-order valence-electron chi connectivity index (χ2n) is 8.86. The molecule has 6 nitrogen and oxygen atoms in total. The topological polar surface area (TPSA) is 50.1 Å². The number of hydrogen-bond acceptors (Lipinski definition) is 5. The summed E-state index contributed by atoms with van der Waals surface area (Å²) in [4.78, 5) is 12.5. The number of alkyl halides is 3. The predicted molar refractivity (Wildman–Crippen MR) is 142 cm³/mol. The van der Waals surface area contributed by atoms with E-state index in [-0.39, 0.29) is 0 Å². The van der Waals surface area contributed by atoms with Crippen LogP contribution in [0.1, 0.15) is 18.2 Å². The molecule has 4 heterocycles. The number of aromatic nitrogens is 4. The second-order valence-corrected chi connectivity index (χ2v) is 8.86. The lowest BCUT2D eigenvalue weighted by Gasteiger charge is -2.33. The molecule has 0 aliphatic carbocycles. The van der Waals surface area contributed by atoms with Crippen molar-refractivity contribution in [3.8, 4) is 11.1 Å². The Morgan fingerprint density at radius 3 is 2.54 bits per heavy atom. The fourth-order valence-electron chi connectivity index (χ4n) is 4.02. The lowest BCUT2D eigenvalue weighted by atomic mass is 10.1. The molecule has 9 heteroatoms. The number of pyridine rings is 2. The average molecular weight is 507 g/mol. The Morgan fingerprint density at radius 1 is 1.03 bits per heavy atom. The maximum absolute atomic E-state index is 12.9. The van der Waals surface area contributed by atoms with Crippen molar-refractivity contribution in [1.29, 1.82) is 0 Å². The molecule has 0 radical (unpaired) electrons. The number of nitrogens with zero attached hydrogens (tertiary/aromatic N) is 6. The minimum Gasteiger partial charge on any atom is -0.368 e. The van der Waals surface area contributed by atoms with Gasteiger partial charge in [-0.25, -0.2) is 4.68 Å². The average Bonchev–Trinajstić information content (AvgIpc) is 3.37. The molecule has 1 aliphatic heterocycles. The number of allylic oxidation sites excluding steroid dienone is 6. The Morgan fingerprint density at radius 2 is 1.81 bits per heavy atom. The second kappa shape index (κ2) is 11.4. The molecule has 3 aromatic heterocycles. The van der Waals surface area contributed by atoms with Crippen LogP contribution < -0.4 is 4.90 Å². The van der Waals surface area contributed by atoms with Crippen molar-refractivity contribution >= 4 is 17.5 Å². The standard InChI is InChI=1S/C28H29F3N6/c1-4-6-26(21(2)7-5-8-22-9-10-33-27(15-22)28(29,30)31)37-20-24(18-34-37)23-16-25(19-32-17-23)36-13-11-35(3)12-14-36/h4-10,15-20H,1,11-14H2,2-3H3/b8-5+,21-7-,26-6+. The zero-order valence-corrected chi connectivity index (χ0v) is 20.9. The van der Waals surface area contributed by atoms with Gasteiger partial charge in [-0.3, -0.25) is 9.97 Å². The van der Waals surface area contributed by atoms with Gasteiger partial charge in [-0.15, -0.1) is 0 Å². The summed E-state index contributed by atoms with van der Waals surface area (Å²) in [5, 5.41) is 4.54. The number of halogens is 3. The fourth-order valence-corrected chi connectivity index (χ4v) is 4.02. The SMILES string of the molecule is C=C\C=C(/C(C)=C\C=C\c1ccnc(C(F)(F)F)c1)n1cc(-c2cncc(N3CCN(C)CC3)c2)cn1. The van der Waals surface area contributed by atoms with Crippen molar-refractivity contribution in [2.45, 2.75) is 13.1 Å². The van der Waals surface area contributed by atoms with Crippen molar-refractivity contribution in [3.05, 3.63) is 96.9 Å². The first-order chi connectivity index (χ1) is 17.7. The Labute approximate surface area is 214 Å². The molecule has 1 saturated heterocycles. The number of piperazine rings is 1. The zero-order valence-electron chi connectivity index (χ0n) is 20.9. The third-order valence-electron chi connectivity index (χ3n) is 6.14. The summed E-state index contributed by atoms with van der Waals surface area (Å²) in [6.45, 7) is 9.67. The van der Waals surface area contributed by atoms with Crippen LogP contribution >= 0.6 is 0 Å². The van der Waals surface area contributed by atoms with Gasteiger partial charge < -0.3 is 9.80 Å². The highest BCUT2D eigenvalue weighted by atomic mass is 19.4. The van der Waals surface area contributed by atoms with E-state index in [1.807, 2.05) is 37.7 Å². The van der Waals surface area contributed by atoms with Crippen LogP contribution in [0.15, 0.2) is 85.6 Å². The predicted octanol–water partition coefficient (Wildman–Crippen LogP) is 5.80. The molecule has 0 bridgehead atoms. The quantitative estimate of drug-likeness (QED) is 0.379. The summed E-state index contributed by atoms with van der Waals surface area (Å²) in [5.41, 5.74) is 4.14. The van der Waals surface area contributed by atoms with E-state index in [4.69, 9.17) is 0 Å². The van der Waals surface area contributed by atoms with Gasteiger partial charge >= 0.3 is 6.18 Å². The van der Waals surface area contributed by atoms with Crippen molar-refractivity contribution in [2.24, 2.45) is 0 Å². The van der Waals surface area contributed by atoms with Crippen LogP contribution in [0.5, 0.6) is 0 Å². The monoisotopic (exact) mass is 506 g/mol. The third-order valence-corrected chi connectivity index (χ3v) is 6.14. The van der Waals surface area contributed by atoms with Crippen LogP contribution in [0.4, 0.5) is 18.9 Å². The minimum atomic E-state index is -4.48. The van der Waals surface area contributed by atoms with Crippen molar-refractivity contribution in [2.75, 3.05) is 38.1 Å². The first-order valence-electron chi connectivity index (χ1n) is 11.9. The Kier molecular flexibility index (Phi) is 8.03. The van der Waals surface area contributed by atoms with E-state index < -0.39 is 11.9 Å². The molecular weight excluding hydrogens is 477 g/mol. The Hall–Kier alpha value is -3.98. The molecule has 3 aromatic rings. The summed E-state index contributed by atoms with van der Waals surface area (Å²) in [6.07, 6.45) is 12.8. The van der Waals surface area contributed by atoms with E-state index >= 15 is 0 Å².